The Morgan fingerprint density at radius 1 is 1.19 bits per heavy atom. The van der Waals surface area contributed by atoms with Gasteiger partial charge in [-0.2, -0.15) is 0 Å². The molecule has 1 atom stereocenters. The number of anilines is 1. The predicted octanol–water partition coefficient (Wildman–Crippen LogP) is 4.83. The summed E-state index contributed by atoms with van der Waals surface area (Å²) in [5, 5.41) is 3.00. The Hall–Kier alpha value is -2.83. The number of aromatic nitrogens is 1. The van der Waals surface area contributed by atoms with Crippen molar-refractivity contribution in [3.63, 3.8) is 0 Å². The van der Waals surface area contributed by atoms with Gasteiger partial charge in [-0.05, 0) is 24.6 Å². The number of nitrogens with zero attached hydrogens (tertiary/aromatic N) is 1. The highest BCUT2D eigenvalue weighted by atomic mass is 35.5. The summed E-state index contributed by atoms with van der Waals surface area (Å²) >= 11 is 11.7. The quantitative estimate of drug-likeness (QED) is 0.615. The molecule has 0 aliphatic heterocycles. The summed E-state index contributed by atoms with van der Waals surface area (Å²) in [4.78, 5) is 28.6. The summed E-state index contributed by atoms with van der Waals surface area (Å²) < 4.78 is 10.5. The maximum Gasteiger partial charge on any atom is 0.375 e. The van der Waals surface area contributed by atoms with E-state index >= 15 is 0 Å². The number of ether oxygens (including phenoxy) is 1. The number of carbonyl (C=O) groups excluding carboxylic acids is 2. The van der Waals surface area contributed by atoms with Crippen LogP contribution < -0.4 is 5.32 Å². The third-order valence-corrected chi connectivity index (χ3v) is 4.13. The molecule has 138 valence electrons. The number of halogens is 2. The molecule has 1 amide bonds. The van der Waals surface area contributed by atoms with Crippen LogP contribution in [-0.2, 0) is 9.53 Å². The van der Waals surface area contributed by atoms with E-state index in [4.69, 9.17) is 32.4 Å². The van der Waals surface area contributed by atoms with E-state index in [0.29, 0.717) is 10.6 Å². The van der Waals surface area contributed by atoms with Crippen LogP contribution in [0.4, 0.5) is 5.82 Å². The molecule has 1 N–H and O–H groups in total. The van der Waals surface area contributed by atoms with E-state index in [-0.39, 0.29) is 16.6 Å². The summed E-state index contributed by atoms with van der Waals surface area (Å²) in [6.45, 7) is 1.43. The van der Waals surface area contributed by atoms with E-state index in [0.717, 1.165) is 5.56 Å². The fraction of sp³-hybridized carbons (Fsp3) is 0.105. The zero-order valence-corrected chi connectivity index (χ0v) is 15.6. The lowest BCUT2D eigenvalue weighted by Gasteiger charge is -2.13. The van der Waals surface area contributed by atoms with Crippen LogP contribution in [0.1, 0.15) is 17.5 Å². The number of hydrogen-bond donors (Lipinski definition) is 1. The molecule has 3 rings (SSSR count). The number of benzene rings is 1. The van der Waals surface area contributed by atoms with Gasteiger partial charge in [-0.25, -0.2) is 9.78 Å². The Labute approximate surface area is 165 Å². The molecule has 0 saturated heterocycles. The van der Waals surface area contributed by atoms with Crippen molar-refractivity contribution >= 4 is 40.9 Å². The van der Waals surface area contributed by atoms with Gasteiger partial charge in [0.25, 0.3) is 5.91 Å². The number of furan rings is 1. The number of esters is 1. The molecule has 0 aliphatic carbocycles. The molecule has 2 aromatic heterocycles. The largest absolute Gasteiger partial charge is 0.457 e. The van der Waals surface area contributed by atoms with Crippen LogP contribution in [0.2, 0.25) is 10.0 Å². The summed E-state index contributed by atoms with van der Waals surface area (Å²) in [6, 6.07) is 12.3. The van der Waals surface area contributed by atoms with Gasteiger partial charge in [0.05, 0.1) is 16.3 Å². The molecular formula is C19H14Cl2N2O4. The average molecular weight is 405 g/mol. The standard InChI is InChI=1S/C19H14Cl2N2O4/c1-11(18(24)23-17-15(21)9-13(20)10-22-17)27-19(25)16-14(7-8-26-16)12-5-3-2-4-6-12/h2-11H,1H3,(H,22,23,24). The minimum atomic E-state index is -1.10. The van der Waals surface area contributed by atoms with Crippen molar-refractivity contribution in [1.29, 1.82) is 0 Å². The molecule has 3 aromatic rings. The number of nitrogens with one attached hydrogen (secondary N) is 1. The Bertz CT molecular complexity index is 973. The molecule has 0 spiro atoms. The van der Waals surface area contributed by atoms with Gasteiger partial charge < -0.3 is 14.5 Å². The van der Waals surface area contributed by atoms with Gasteiger partial charge in [0.15, 0.2) is 11.9 Å². The second kappa shape index (κ2) is 8.24. The van der Waals surface area contributed by atoms with Gasteiger partial charge in [-0.15, -0.1) is 0 Å². The molecule has 2 heterocycles. The van der Waals surface area contributed by atoms with Crippen LogP contribution in [0.3, 0.4) is 0 Å². The maximum absolute atomic E-state index is 12.4. The lowest BCUT2D eigenvalue weighted by molar-refractivity contribution is -0.123. The second-order valence-electron chi connectivity index (χ2n) is 5.55. The van der Waals surface area contributed by atoms with Gasteiger partial charge in [-0.1, -0.05) is 53.5 Å². The fourth-order valence-corrected chi connectivity index (χ4v) is 2.73. The molecule has 0 saturated carbocycles. The number of pyridine rings is 1. The SMILES string of the molecule is CC(OC(=O)c1occc1-c1ccccc1)C(=O)Nc1ncc(Cl)cc1Cl. The molecule has 0 aliphatic rings. The third-order valence-electron chi connectivity index (χ3n) is 3.64. The molecular weight excluding hydrogens is 391 g/mol. The lowest BCUT2D eigenvalue weighted by atomic mass is 10.1. The zero-order chi connectivity index (χ0) is 19.4. The molecule has 0 bridgehead atoms. The van der Waals surface area contributed by atoms with Crippen LogP contribution >= 0.6 is 23.2 Å². The van der Waals surface area contributed by atoms with Crippen LogP contribution in [0, 0.1) is 0 Å². The highest BCUT2D eigenvalue weighted by Crippen LogP contribution is 2.26. The van der Waals surface area contributed by atoms with E-state index in [1.54, 1.807) is 6.07 Å². The molecule has 6 nitrogen and oxygen atoms in total. The number of rotatable bonds is 5. The lowest BCUT2D eigenvalue weighted by Crippen LogP contribution is -2.30. The van der Waals surface area contributed by atoms with Crippen molar-refractivity contribution in [1.82, 2.24) is 4.98 Å². The van der Waals surface area contributed by atoms with Crippen molar-refractivity contribution in [3.8, 4) is 11.1 Å². The number of amides is 1. The first-order valence-corrected chi connectivity index (χ1v) is 8.67. The van der Waals surface area contributed by atoms with Crippen molar-refractivity contribution in [2.75, 3.05) is 5.32 Å². The minimum Gasteiger partial charge on any atom is -0.457 e. The normalized spacial score (nSPS) is 11.7. The second-order valence-corrected chi connectivity index (χ2v) is 6.39. The van der Waals surface area contributed by atoms with Crippen molar-refractivity contribution in [3.05, 3.63) is 70.7 Å². The smallest absolute Gasteiger partial charge is 0.375 e. The Morgan fingerprint density at radius 3 is 2.63 bits per heavy atom. The van der Waals surface area contributed by atoms with Gasteiger partial charge in [0.1, 0.15) is 0 Å². The van der Waals surface area contributed by atoms with Gasteiger partial charge >= 0.3 is 5.97 Å². The summed E-state index contributed by atoms with van der Waals surface area (Å²) in [5.74, 6) is -1.20. The fourth-order valence-electron chi connectivity index (χ4n) is 2.30. The number of carbonyl (C=O) groups is 2. The van der Waals surface area contributed by atoms with E-state index in [1.165, 1.54) is 25.5 Å². The molecule has 1 aromatic carbocycles. The molecule has 0 fully saturated rings. The number of hydrogen-bond acceptors (Lipinski definition) is 5. The first-order valence-electron chi connectivity index (χ1n) is 7.91. The Balaban J connectivity index is 1.69. The van der Waals surface area contributed by atoms with Crippen molar-refractivity contribution < 1.29 is 18.7 Å². The van der Waals surface area contributed by atoms with E-state index in [2.05, 4.69) is 10.3 Å². The summed E-state index contributed by atoms with van der Waals surface area (Å²) in [6.07, 6.45) is 1.63. The van der Waals surface area contributed by atoms with Crippen LogP contribution in [0.5, 0.6) is 0 Å². The van der Waals surface area contributed by atoms with Crippen molar-refractivity contribution in [2.45, 2.75) is 13.0 Å². The topological polar surface area (TPSA) is 81.4 Å². The minimum absolute atomic E-state index is 0.0171. The van der Waals surface area contributed by atoms with Gasteiger partial charge in [0, 0.05) is 11.8 Å². The van der Waals surface area contributed by atoms with E-state index in [9.17, 15) is 9.59 Å². The summed E-state index contributed by atoms with van der Waals surface area (Å²) in [7, 11) is 0. The average Bonchev–Trinajstić information content (AvgIpc) is 3.14. The van der Waals surface area contributed by atoms with Gasteiger partial charge in [-0.3, -0.25) is 4.79 Å². The van der Waals surface area contributed by atoms with Crippen LogP contribution in [0.15, 0.2) is 59.3 Å². The predicted molar refractivity (Wildman–Crippen MR) is 102 cm³/mol. The van der Waals surface area contributed by atoms with Gasteiger partial charge in [0.2, 0.25) is 5.76 Å². The molecule has 1 unspecified atom stereocenters. The monoisotopic (exact) mass is 404 g/mol. The van der Waals surface area contributed by atoms with E-state index < -0.39 is 18.0 Å². The Kier molecular flexibility index (Phi) is 5.78. The van der Waals surface area contributed by atoms with E-state index in [1.807, 2.05) is 30.3 Å². The van der Waals surface area contributed by atoms with Crippen LogP contribution in [0.25, 0.3) is 11.1 Å². The molecule has 8 heteroatoms. The highest BCUT2D eigenvalue weighted by molar-refractivity contribution is 6.36. The highest BCUT2D eigenvalue weighted by Gasteiger charge is 2.24. The van der Waals surface area contributed by atoms with Crippen LogP contribution in [-0.4, -0.2) is 23.0 Å². The first kappa shape index (κ1) is 18.9. The first-order chi connectivity index (χ1) is 13.0. The summed E-state index contributed by atoms with van der Waals surface area (Å²) in [5.41, 5.74) is 1.38. The third kappa shape index (κ3) is 4.48. The zero-order valence-electron chi connectivity index (χ0n) is 14.1. The molecule has 0 radical (unpaired) electrons. The maximum atomic E-state index is 12.4. The molecule has 27 heavy (non-hydrogen) atoms. The Morgan fingerprint density at radius 2 is 1.93 bits per heavy atom. The van der Waals surface area contributed by atoms with Crippen molar-refractivity contribution in [2.24, 2.45) is 0 Å².